The van der Waals surface area contributed by atoms with E-state index in [-0.39, 0.29) is 18.0 Å². The lowest BCUT2D eigenvalue weighted by atomic mass is 10.1. The van der Waals surface area contributed by atoms with Gasteiger partial charge in [-0.3, -0.25) is 0 Å². The van der Waals surface area contributed by atoms with Gasteiger partial charge in [0, 0.05) is 19.4 Å². The normalized spacial score (nSPS) is 11.8. The zero-order valence-electron chi connectivity index (χ0n) is 11.4. The Morgan fingerprint density at radius 3 is 2.75 bits per heavy atom. The van der Waals surface area contributed by atoms with E-state index in [1.165, 1.54) is 6.07 Å². The van der Waals surface area contributed by atoms with Gasteiger partial charge in [-0.05, 0) is 24.1 Å². The Hall–Kier alpha value is -1.70. The highest BCUT2D eigenvalue weighted by molar-refractivity contribution is 7.89. The van der Waals surface area contributed by atoms with Crippen molar-refractivity contribution in [3.8, 4) is 0 Å². The molecule has 1 aromatic heterocycles. The highest BCUT2D eigenvalue weighted by Gasteiger charge is 2.18. The highest BCUT2D eigenvalue weighted by Crippen LogP contribution is 2.19. The molecule has 0 saturated heterocycles. The van der Waals surface area contributed by atoms with E-state index in [0.717, 1.165) is 0 Å². The smallest absolute Gasteiger partial charge is 0.241 e. The Morgan fingerprint density at radius 2 is 2.15 bits per heavy atom. The molecule has 0 spiro atoms. The summed E-state index contributed by atoms with van der Waals surface area (Å²) in [6.07, 6.45) is 3.36. The van der Waals surface area contributed by atoms with Gasteiger partial charge in [-0.2, -0.15) is 0 Å². The summed E-state index contributed by atoms with van der Waals surface area (Å²) >= 11 is 0. The van der Waals surface area contributed by atoms with Crippen LogP contribution in [0.25, 0.3) is 0 Å². The van der Waals surface area contributed by atoms with Gasteiger partial charge in [0.2, 0.25) is 10.0 Å². The number of hydrogen-bond donors (Lipinski definition) is 2. The summed E-state index contributed by atoms with van der Waals surface area (Å²) in [5.74, 6) is 0.629. The Balaban J connectivity index is 2.25. The van der Waals surface area contributed by atoms with Crippen LogP contribution in [0.2, 0.25) is 0 Å². The van der Waals surface area contributed by atoms with Crippen LogP contribution >= 0.6 is 0 Å². The second kappa shape index (κ2) is 5.74. The number of aliphatic hydroxyl groups excluding tert-OH is 1. The monoisotopic (exact) mass is 295 g/mol. The van der Waals surface area contributed by atoms with E-state index < -0.39 is 10.0 Å². The first-order valence-electron chi connectivity index (χ1n) is 6.11. The molecule has 0 radical (unpaired) electrons. The third kappa shape index (κ3) is 2.90. The summed E-state index contributed by atoms with van der Waals surface area (Å²) in [5, 5.41) is 9.20. The van der Waals surface area contributed by atoms with Gasteiger partial charge in [-0.1, -0.05) is 12.1 Å². The Labute approximate surface area is 118 Å². The Morgan fingerprint density at radius 1 is 1.40 bits per heavy atom. The van der Waals surface area contributed by atoms with Gasteiger partial charge in [-0.15, -0.1) is 0 Å². The predicted octanol–water partition coefficient (Wildman–Crippen LogP) is 0.699. The second-order valence-electron chi connectivity index (χ2n) is 4.48. The van der Waals surface area contributed by atoms with Gasteiger partial charge in [-0.25, -0.2) is 18.1 Å². The standard InChI is InChI=1S/C13H17N3O3S/c1-10-11(9-17)4-3-5-12(10)20(18,19)15-8-13-14-6-7-16(13)2/h3-7,15,17H,8-9H2,1-2H3. The molecule has 1 heterocycles. The van der Waals surface area contributed by atoms with Crippen LogP contribution in [-0.4, -0.2) is 23.1 Å². The van der Waals surface area contributed by atoms with Crippen LogP contribution in [0.5, 0.6) is 0 Å². The number of rotatable bonds is 5. The number of aryl methyl sites for hydroxylation is 1. The summed E-state index contributed by atoms with van der Waals surface area (Å²) in [6, 6.07) is 4.84. The first-order valence-corrected chi connectivity index (χ1v) is 7.59. The molecular weight excluding hydrogens is 278 g/mol. The van der Waals surface area contributed by atoms with Gasteiger partial charge in [0.25, 0.3) is 0 Å². The third-order valence-electron chi connectivity index (χ3n) is 3.20. The maximum Gasteiger partial charge on any atom is 0.241 e. The van der Waals surface area contributed by atoms with Crippen molar-refractivity contribution in [3.63, 3.8) is 0 Å². The molecule has 0 aliphatic heterocycles. The van der Waals surface area contributed by atoms with Crippen LogP contribution in [0.15, 0.2) is 35.5 Å². The minimum Gasteiger partial charge on any atom is -0.392 e. The Kier molecular flexibility index (Phi) is 4.22. The molecule has 6 nitrogen and oxygen atoms in total. The molecule has 0 bridgehead atoms. The van der Waals surface area contributed by atoms with Crippen molar-refractivity contribution in [2.75, 3.05) is 0 Å². The SMILES string of the molecule is Cc1c(CO)cccc1S(=O)(=O)NCc1nccn1C. The van der Waals surface area contributed by atoms with Gasteiger partial charge in [0.05, 0.1) is 18.0 Å². The molecule has 2 N–H and O–H groups in total. The highest BCUT2D eigenvalue weighted by atomic mass is 32.2. The van der Waals surface area contributed by atoms with Crippen molar-refractivity contribution in [1.82, 2.24) is 14.3 Å². The fraction of sp³-hybridized carbons (Fsp3) is 0.308. The lowest BCUT2D eigenvalue weighted by Gasteiger charge is -2.11. The van der Waals surface area contributed by atoms with E-state index in [4.69, 9.17) is 0 Å². The zero-order chi connectivity index (χ0) is 14.8. The van der Waals surface area contributed by atoms with Crippen LogP contribution in [0.1, 0.15) is 17.0 Å². The van der Waals surface area contributed by atoms with Crippen molar-refractivity contribution < 1.29 is 13.5 Å². The number of hydrogen-bond acceptors (Lipinski definition) is 4. The molecule has 0 amide bonds. The lowest BCUT2D eigenvalue weighted by Crippen LogP contribution is -2.25. The average molecular weight is 295 g/mol. The molecule has 7 heteroatoms. The maximum atomic E-state index is 12.3. The largest absolute Gasteiger partial charge is 0.392 e. The van der Waals surface area contributed by atoms with Crippen molar-refractivity contribution in [1.29, 1.82) is 0 Å². The topological polar surface area (TPSA) is 84.2 Å². The van der Waals surface area contributed by atoms with Crippen molar-refractivity contribution in [2.24, 2.45) is 7.05 Å². The fourth-order valence-electron chi connectivity index (χ4n) is 1.93. The molecule has 0 unspecified atom stereocenters. The molecule has 0 atom stereocenters. The summed E-state index contributed by atoms with van der Waals surface area (Å²) in [4.78, 5) is 4.24. The van der Waals surface area contributed by atoms with Crippen LogP contribution in [0, 0.1) is 6.92 Å². The summed E-state index contributed by atoms with van der Waals surface area (Å²) in [6.45, 7) is 1.62. The number of benzene rings is 1. The third-order valence-corrected chi connectivity index (χ3v) is 4.74. The van der Waals surface area contributed by atoms with Crippen molar-refractivity contribution >= 4 is 10.0 Å². The molecule has 20 heavy (non-hydrogen) atoms. The van der Waals surface area contributed by atoms with Crippen molar-refractivity contribution in [3.05, 3.63) is 47.5 Å². The van der Waals surface area contributed by atoms with Gasteiger partial charge in [0.1, 0.15) is 5.82 Å². The first-order chi connectivity index (χ1) is 9.45. The van der Waals surface area contributed by atoms with Gasteiger partial charge < -0.3 is 9.67 Å². The minimum atomic E-state index is -3.63. The number of aliphatic hydroxyl groups is 1. The van der Waals surface area contributed by atoms with E-state index in [2.05, 4.69) is 9.71 Å². The molecule has 0 saturated carbocycles. The lowest BCUT2D eigenvalue weighted by molar-refractivity contribution is 0.280. The van der Waals surface area contributed by atoms with E-state index >= 15 is 0 Å². The molecule has 0 aliphatic carbocycles. The average Bonchev–Trinajstić information content (AvgIpc) is 2.82. The number of nitrogens with one attached hydrogen (secondary N) is 1. The summed E-state index contributed by atoms with van der Waals surface area (Å²) < 4.78 is 28.9. The first kappa shape index (κ1) is 14.7. The van der Waals surface area contributed by atoms with Gasteiger partial charge in [0.15, 0.2) is 0 Å². The van der Waals surface area contributed by atoms with Crippen molar-refractivity contribution in [2.45, 2.75) is 25.0 Å². The maximum absolute atomic E-state index is 12.3. The molecule has 108 valence electrons. The summed E-state index contributed by atoms with van der Waals surface area (Å²) in [5.41, 5.74) is 1.16. The number of sulfonamides is 1. The van der Waals surface area contributed by atoms with Gasteiger partial charge >= 0.3 is 0 Å². The second-order valence-corrected chi connectivity index (χ2v) is 6.21. The Bertz CT molecular complexity index is 707. The molecule has 2 aromatic rings. The zero-order valence-corrected chi connectivity index (χ0v) is 12.2. The number of imidazole rings is 1. The van der Waals surface area contributed by atoms with Crippen LogP contribution in [0.4, 0.5) is 0 Å². The molecular formula is C13H17N3O3S. The molecule has 0 aliphatic rings. The van der Waals surface area contributed by atoms with E-state index in [1.54, 1.807) is 43.1 Å². The van der Waals surface area contributed by atoms with Crippen LogP contribution < -0.4 is 4.72 Å². The molecule has 2 rings (SSSR count). The van der Waals surface area contributed by atoms with E-state index in [0.29, 0.717) is 17.0 Å². The molecule has 1 aromatic carbocycles. The predicted molar refractivity (Wildman–Crippen MR) is 74.3 cm³/mol. The van der Waals surface area contributed by atoms with E-state index in [9.17, 15) is 13.5 Å². The van der Waals surface area contributed by atoms with Crippen LogP contribution in [0.3, 0.4) is 0 Å². The number of nitrogens with zero attached hydrogens (tertiary/aromatic N) is 2. The van der Waals surface area contributed by atoms with Crippen LogP contribution in [-0.2, 0) is 30.2 Å². The minimum absolute atomic E-state index is 0.120. The van der Waals surface area contributed by atoms with E-state index in [1.807, 2.05) is 0 Å². The fourth-order valence-corrected chi connectivity index (χ4v) is 3.19. The quantitative estimate of drug-likeness (QED) is 0.850. The number of aromatic nitrogens is 2. The molecule has 0 fully saturated rings. The summed E-state index contributed by atoms with van der Waals surface area (Å²) in [7, 11) is -1.83.